The Bertz CT molecular complexity index is 541. The molecule has 3 heteroatoms. The van der Waals surface area contributed by atoms with Crippen LogP contribution in [0.3, 0.4) is 0 Å². The first-order valence-corrected chi connectivity index (χ1v) is 5.68. The Morgan fingerprint density at radius 1 is 1.12 bits per heavy atom. The molecule has 0 atom stereocenters. The lowest BCUT2D eigenvalue weighted by Crippen LogP contribution is -2.04. The highest BCUT2D eigenvalue weighted by atomic mass is 35.5. The van der Waals surface area contributed by atoms with E-state index in [0.717, 1.165) is 11.1 Å². The Kier molecular flexibility index (Phi) is 3.25. The van der Waals surface area contributed by atoms with E-state index in [1.165, 1.54) is 6.20 Å². The third-order valence-electron chi connectivity index (χ3n) is 2.44. The fourth-order valence-corrected chi connectivity index (χ4v) is 1.88. The van der Waals surface area contributed by atoms with Gasteiger partial charge in [-0.2, -0.15) is 0 Å². The van der Waals surface area contributed by atoms with Gasteiger partial charge in [0, 0.05) is 11.8 Å². The quantitative estimate of drug-likeness (QED) is 0.757. The van der Waals surface area contributed by atoms with Crippen molar-refractivity contribution >= 4 is 17.4 Å². The van der Waals surface area contributed by atoms with Crippen LogP contribution in [0, 0.1) is 13.8 Å². The van der Waals surface area contributed by atoms with Gasteiger partial charge in [0.1, 0.15) is 5.69 Å². The maximum atomic E-state index is 12.2. The Labute approximate surface area is 105 Å². The van der Waals surface area contributed by atoms with E-state index in [2.05, 4.69) is 4.98 Å². The van der Waals surface area contributed by atoms with Gasteiger partial charge >= 0.3 is 0 Å². The Morgan fingerprint density at radius 2 is 1.76 bits per heavy atom. The number of aromatic nitrogens is 1. The second-order valence-corrected chi connectivity index (χ2v) is 4.50. The Hall–Kier alpha value is -1.67. The van der Waals surface area contributed by atoms with Crippen LogP contribution in [-0.2, 0) is 0 Å². The maximum absolute atomic E-state index is 12.2. The first-order chi connectivity index (χ1) is 8.06. The summed E-state index contributed by atoms with van der Waals surface area (Å²) in [5, 5.41) is 0.530. The van der Waals surface area contributed by atoms with Crippen molar-refractivity contribution in [3.05, 3.63) is 63.9 Å². The molecular weight excluding hydrogens is 234 g/mol. The van der Waals surface area contributed by atoms with Gasteiger partial charge in [0.05, 0.1) is 5.02 Å². The standard InChI is InChI=1S/C14H12ClNO/c1-9-5-10(2)7-11(6-9)14(17)13-4-3-12(15)8-16-13/h3-8H,1-2H3. The number of carbonyl (C=O) groups excluding carboxylic acids is 1. The number of carbonyl (C=O) groups is 1. The van der Waals surface area contributed by atoms with Gasteiger partial charge in [0.15, 0.2) is 0 Å². The minimum atomic E-state index is -0.0755. The summed E-state index contributed by atoms with van der Waals surface area (Å²) >= 11 is 5.74. The molecule has 0 aliphatic carbocycles. The zero-order valence-electron chi connectivity index (χ0n) is 9.70. The van der Waals surface area contributed by atoms with Crippen LogP contribution >= 0.6 is 11.6 Å². The van der Waals surface area contributed by atoms with E-state index >= 15 is 0 Å². The molecule has 0 saturated carbocycles. The van der Waals surface area contributed by atoms with E-state index in [9.17, 15) is 4.79 Å². The van der Waals surface area contributed by atoms with E-state index < -0.39 is 0 Å². The number of nitrogens with zero attached hydrogens (tertiary/aromatic N) is 1. The average molecular weight is 246 g/mol. The number of hydrogen-bond acceptors (Lipinski definition) is 2. The minimum absolute atomic E-state index is 0.0755. The van der Waals surface area contributed by atoms with E-state index in [-0.39, 0.29) is 5.78 Å². The number of hydrogen-bond donors (Lipinski definition) is 0. The van der Waals surface area contributed by atoms with Gasteiger partial charge in [-0.3, -0.25) is 9.78 Å². The molecule has 0 fully saturated rings. The second kappa shape index (κ2) is 4.68. The molecule has 0 aliphatic heterocycles. The third-order valence-corrected chi connectivity index (χ3v) is 2.67. The van der Waals surface area contributed by atoms with E-state index in [4.69, 9.17) is 11.6 Å². The van der Waals surface area contributed by atoms with Crippen molar-refractivity contribution in [2.45, 2.75) is 13.8 Å². The van der Waals surface area contributed by atoms with Crippen LogP contribution < -0.4 is 0 Å². The van der Waals surface area contributed by atoms with Crippen LogP contribution in [0.1, 0.15) is 27.2 Å². The van der Waals surface area contributed by atoms with Gasteiger partial charge in [-0.1, -0.05) is 28.8 Å². The summed E-state index contributed by atoms with van der Waals surface area (Å²) in [5.41, 5.74) is 3.22. The Balaban J connectivity index is 2.40. The molecule has 2 nitrogen and oxygen atoms in total. The molecule has 0 aliphatic rings. The summed E-state index contributed by atoms with van der Waals surface area (Å²) in [5.74, 6) is -0.0755. The molecule has 17 heavy (non-hydrogen) atoms. The molecule has 0 spiro atoms. The molecule has 1 heterocycles. The molecule has 0 N–H and O–H groups in total. The van der Waals surface area contributed by atoms with Gasteiger partial charge in [-0.15, -0.1) is 0 Å². The van der Waals surface area contributed by atoms with Gasteiger partial charge in [0.25, 0.3) is 0 Å². The first kappa shape index (κ1) is 11.8. The van der Waals surface area contributed by atoms with Crippen LogP contribution in [0.15, 0.2) is 36.5 Å². The summed E-state index contributed by atoms with van der Waals surface area (Å²) in [6.45, 7) is 3.94. The van der Waals surface area contributed by atoms with Crippen LogP contribution in [0.2, 0.25) is 5.02 Å². The number of benzene rings is 1. The molecule has 2 rings (SSSR count). The first-order valence-electron chi connectivity index (χ1n) is 5.31. The molecule has 0 radical (unpaired) electrons. The van der Waals surface area contributed by atoms with E-state index in [1.807, 2.05) is 32.0 Å². The predicted molar refractivity (Wildman–Crippen MR) is 68.6 cm³/mol. The number of pyridine rings is 1. The molecule has 0 amide bonds. The van der Waals surface area contributed by atoms with Crippen molar-refractivity contribution in [3.8, 4) is 0 Å². The monoisotopic (exact) mass is 245 g/mol. The zero-order chi connectivity index (χ0) is 12.4. The highest BCUT2D eigenvalue weighted by Gasteiger charge is 2.10. The van der Waals surface area contributed by atoms with Crippen molar-refractivity contribution < 1.29 is 4.79 Å². The smallest absolute Gasteiger partial charge is 0.211 e. The van der Waals surface area contributed by atoms with E-state index in [1.54, 1.807) is 12.1 Å². The number of halogens is 1. The van der Waals surface area contributed by atoms with Gasteiger partial charge in [-0.25, -0.2) is 0 Å². The normalized spacial score (nSPS) is 10.3. The fourth-order valence-electron chi connectivity index (χ4n) is 1.76. The molecular formula is C14H12ClNO. The highest BCUT2D eigenvalue weighted by Crippen LogP contribution is 2.14. The van der Waals surface area contributed by atoms with Gasteiger partial charge < -0.3 is 0 Å². The van der Waals surface area contributed by atoms with E-state index in [0.29, 0.717) is 16.3 Å². The zero-order valence-corrected chi connectivity index (χ0v) is 10.5. The summed E-state index contributed by atoms with van der Waals surface area (Å²) in [7, 11) is 0. The molecule has 0 saturated heterocycles. The predicted octanol–water partition coefficient (Wildman–Crippen LogP) is 3.58. The SMILES string of the molecule is Cc1cc(C)cc(C(=O)c2ccc(Cl)cn2)c1. The maximum Gasteiger partial charge on any atom is 0.211 e. The Morgan fingerprint density at radius 3 is 2.29 bits per heavy atom. The topological polar surface area (TPSA) is 30.0 Å². The molecule has 86 valence electrons. The number of ketones is 1. The largest absolute Gasteiger partial charge is 0.287 e. The lowest BCUT2D eigenvalue weighted by atomic mass is 10.0. The lowest BCUT2D eigenvalue weighted by Gasteiger charge is -2.03. The summed E-state index contributed by atoms with van der Waals surface area (Å²) < 4.78 is 0. The van der Waals surface area contributed by atoms with Crippen LogP contribution in [0.4, 0.5) is 0 Å². The fraction of sp³-hybridized carbons (Fsp3) is 0.143. The summed E-state index contributed by atoms with van der Waals surface area (Å²) in [6, 6.07) is 9.08. The molecule has 0 unspecified atom stereocenters. The molecule has 0 bridgehead atoms. The average Bonchev–Trinajstić information content (AvgIpc) is 2.28. The summed E-state index contributed by atoms with van der Waals surface area (Å²) in [4.78, 5) is 16.2. The molecule has 2 aromatic rings. The van der Waals surface area contributed by atoms with Crippen molar-refractivity contribution in [1.29, 1.82) is 0 Å². The number of aryl methyl sites for hydroxylation is 2. The lowest BCUT2D eigenvalue weighted by molar-refractivity contribution is 0.103. The van der Waals surface area contributed by atoms with Crippen molar-refractivity contribution in [3.63, 3.8) is 0 Å². The van der Waals surface area contributed by atoms with Crippen LogP contribution in [0.25, 0.3) is 0 Å². The minimum Gasteiger partial charge on any atom is -0.287 e. The molecule has 1 aromatic heterocycles. The van der Waals surface area contributed by atoms with Crippen LogP contribution in [-0.4, -0.2) is 10.8 Å². The van der Waals surface area contributed by atoms with Crippen molar-refractivity contribution in [1.82, 2.24) is 4.98 Å². The third kappa shape index (κ3) is 2.71. The number of rotatable bonds is 2. The van der Waals surface area contributed by atoms with Gasteiger partial charge in [0.2, 0.25) is 5.78 Å². The van der Waals surface area contributed by atoms with Crippen LogP contribution in [0.5, 0.6) is 0 Å². The molecule has 1 aromatic carbocycles. The van der Waals surface area contributed by atoms with Crippen molar-refractivity contribution in [2.24, 2.45) is 0 Å². The summed E-state index contributed by atoms with van der Waals surface area (Å²) in [6.07, 6.45) is 1.48. The highest BCUT2D eigenvalue weighted by molar-refractivity contribution is 6.30. The van der Waals surface area contributed by atoms with Gasteiger partial charge in [-0.05, 0) is 38.1 Å². The van der Waals surface area contributed by atoms with Crippen molar-refractivity contribution in [2.75, 3.05) is 0 Å². The second-order valence-electron chi connectivity index (χ2n) is 4.07.